The molecule has 4 rings (SSSR count). The van der Waals surface area contributed by atoms with Crippen molar-refractivity contribution in [2.45, 2.75) is 68.2 Å². The molecule has 2 fully saturated rings. The Morgan fingerprint density at radius 1 is 0.894 bits per heavy atom. The lowest BCUT2D eigenvalue weighted by Gasteiger charge is -2.29. The van der Waals surface area contributed by atoms with Crippen molar-refractivity contribution in [3.05, 3.63) is 45.0 Å². The largest absolute Gasteiger partial charge is 0.394 e. The summed E-state index contributed by atoms with van der Waals surface area (Å²) >= 11 is 0. The fourth-order valence-corrected chi connectivity index (χ4v) is 5.02. The average Bonchev–Trinajstić information content (AvgIpc) is 3.71. The Morgan fingerprint density at radius 3 is 2.17 bits per heavy atom. The second-order valence-electron chi connectivity index (χ2n) is 10.8. The van der Waals surface area contributed by atoms with Crippen LogP contribution in [0, 0.1) is 0 Å². The van der Waals surface area contributed by atoms with E-state index in [0.29, 0.717) is 58.5 Å². The van der Waals surface area contributed by atoms with Gasteiger partial charge in [0.25, 0.3) is 5.56 Å². The number of aromatic amines is 1. The van der Waals surface area contributed by atoms with Gasteiger partial charge in [0, 0.05) is 31.4 Å². The molecular formula is C27H44N6O14. The maximum Gasteiger partial charge on any atom is 0.330 e. The molecule has 9 atom stereocenters. The van der Waals surface area contributed by atoms with E-state index < -0.39 is 66.5 Å². The molecule has 20 nitrogen and oxygen atoms in total. The molecule has 0 saturated carbocycles. The average molecular weight is 677 g/mol. The van der Waals surface area contributed by atoms with Crippen LogP contribution in [0.25, 0.3) is 0 Å². The van der Waals surface area contributed by atoms with Gasteiger partial charge in [0.1, 0.15) is 36.6 Å². The van der Waals surface area contributed by atoms with E-state index >= 15 is 0 Å². The summed E-state index contributed by atoms with van der Waals surface area (Å²) in [7, 11) is 0. The predicted molar refractivity (Wildman–Crippen MR) is 156 cm³/mol. The number of rotatable bonds is 21. The first kappa shape index (κ1) is 37.1. The Morgan fingerprint density at radius 2 is 1.55 bits per heavy atom. The highest BCUT2D eigenvalue weighted by atomic mass is 16.7. The normalized spacial score (nSPS) is 28.3. The molecule has 266 valence electrons. The second-order valence-corrected chi connectivity index (χ2v) is 10.8. The Kier molecular flexibility index (Phi) is 14.8. The Balaban J connectivity index is 1.30. The van der Waals surface area contributed by atoms with Crippen LogP contribution in [0.1, 0.15) is 11.9 Å². The van der Waals surface area contributed by atoms with E-state index in [1.807, 2.05) is 0 Å². The lowest BCUT2D eigenvalue weighted by atomic mass is 10.0. The molecule has 0 radical (unpaired) electrons. The highest BCUT2D eigenvalue weighted by molar-refractivity contribution is 5.02. The van der Waals surface area contributed by atoms with Crippen molar-refractivity contribution in [1.82, 2.24) is 24.5 Å². The molecule has 47 heavy (non-hydrogen) atoms. The molecular weight excluding hydrogens is 632 g/mol. The van der Waals surface area contributed by atoms with Crippen LogP contribution in [-0.4, -0.2) is 165 Å². The summed E-state index contributed by atoms with van der Waals surface area (Å²) in [5.74, 6) is 0. The Hall–Kier alpha value is -2.70. The van der Waals surface area contributed by atoms with Crippen LogP contribution in [0.5, 0.6) is 0 Å². The Bertz CT molecular complexity index is 1310. The van der Waals surface area contributed by atoms with Gasteiger partial charge < -0.3 is 64.4 Å². The molecule has 0 amide bonds. The Labute approximate surface area is 268 Å². The summed E-state index contributed by atoms with van der Waals surface area (Å²) < 4.78 is 41.4. The van der Waals surface area contributed by atoms with Gasteiger partial charge in [0.2, 0.25) is 0 Å². The zero-order chi connectivity index (χ0) is 33.8. The minimum Gasteiger partial charge on any atom is -0.394 e. The lowest BCUT2D eigenvalue weighted by molar-refractivity contribution is -0.220. The van der Waals surface area contributed by atoms with E-state index in [9.17, 15) is 30.0 Å². The van der Waals surface area contributed by atoms with Crippen molar-refractivity contribution >= 4 is 0 Å². The summed E-state index contributed by atoms with van der Waals surface area (Å²) in [5, 5.41) is 59.4. The van der Waals surface area contributed by atoms with Gasteiger partial charge in [0.05, 0.1) is 77.8 Å². The fraction of sp³-hybridized carbons (Fsp3) is 0.778. The zero-order valence-electron chi connectivity index (χ0n) is 25.7. The molecule has 0 bridgehead atoms. The van der Waals surface area contributed by atoms with Gasteiger partial charge in [-0.05, 0) is 0 Å². The van der Waals surface area contributed by atoms with Gasteiger partial charge in [-0.25, -0.2) is 9.48 Å². The smallest absolute Gasteiger partial charge is 0.330 e. The third-order valence-corrected chi connectivity index (χ3v) is 7.44. The van der Waals surface area contributed by atoms with Crippen molar-refractivity contribution < 1.29 is 58.7 Å². The van der Waals surface area contributed by atoms with E-state index in [4.69, 9.17) is 44.0 Å². The van der Waals surface area contributed by atoms with Crippen LogP contribution in [-0.2, 0) is 46.1 Å². The van der Waals surface area contributed by atoms with Gasteiger partial charge in [-0.1, -0.05) is 5.21 Å². The number of aliphatic hydroxyl groups is 5. The van der Waals surface area contributed by atoms with Crippen LogP contribution >= 0.6 is 0 Å². The summed E-state index contributed by atoms with van der Waals surface area (Å²) in [5.41, 5.74) is 4.49. The minimum atomic E-state index is -1.60. The molecule has 0 aliphatic carbocycles. The second kappa shape index (κ2) is 18.7. The molecule has 2 aromatic heterocycles. The standard InChI is InChI=1S/C27H44N6O14/c28-14-18-20(36)23(39)26(46-18)45-17(24-21(37)22(38)25(47-24)33-2-1-19(35)29-27(33)40)13-16-15-32(31-30-16)3-5-41-7-9-43-11-12-44-10-8-42-6-4-34/h1-2,15,17-18,20-26,34,36-39H,3-14,28H2,(H,29,35,40)/t17-,18+,20+,21-,22+,23+,24+,25+,26+/m0/s1. The quantitative estimate of drug-likeness (QED) is 0.0609. The number of nitrogens with one attached hydrogen (secondary N) is 1. The van der Waals surface area contributed by atoms with Crippen molar-refractivity contribution in [2.75, 3.05) is 66.0 Å². The molecule has 2 saturated heterocycles. The number of nitrogens with two attached hydrogens (primary N) is 1. The first-order valence-electron chi connectivity index (χ1n) is 15.2. The highest BCUT2D eigenvalue weighted by Crippen LogP contribution is 2.34. The van der Waals surface area contributed by atoms with Crippen molar-refractivity contribution in [2.24, 2.45) is 5.73 Å². The van der Waals surface area contributed by atoms with Crippen molar-refractivity contribution in [1.29, 1.82) is 0 Å². The molecule has 0 spiro atoms. The molecule has 20 heteroatoms. The van der Waals surface area contributed by atoms with Crippen molar-refractivity contribution in [3.8, 4) is 0 Å². The zero-order valence-corrected chi connectivity index (χ0v) is 25.7. The number of H-pyrrole nitrogens is 1. The van der Waals surface area contributed by atoms with Gasteiger partial charge in [0.15, 0.2) is 12.5 Å². The van der Waals surface area contributed by atoms with Crippen LogP contribution < -0.4 is 17.0 Å². The SMILES string of the molecule is NC[C@H]1O[C@@H](O[C@@H](Cc2cn(CCOCCOCCOCCOCCO)nn2)[C@H]2O[C@@H](n3ccc(=O)[nH]c3=O)[C@H](O)[C@@H]2O)[C@H](O)[C@@H]1O. The minimum absolute atomic E-state index is 0.0267. The summed E-state index contributed by atoms with van der Waals surface area (Å²) in [4.78, 5) is 26.0. The monoisotopic (exact) mass is 676 g/mol. The number of nitrogens with zero attached hydrogens (tertiary/aromatic N) is 4. The number of aliphatic hydroxyl groups excluding tert-OH is 5. The van der Waals surface area contributed by atoms with E-state index in [1.165, 1.54) is 4.68 Å². The number of hydrogen-bond donors (Lipinski definition) is 7. The van der Waals surface area contributed by atoms with Gasteiger partial charge in [-0.15, -0.1) is 5.10 Å². The highest BCUT2D eigenvalue weighted by Gasteiger charge is 2.51. The first-order chi connectivity index (χ1) is 22.7. The van der Waals surface area contributed by atoms with Crippen LogP contribution in [0.3, 0.4) is 0 Å². The van der Waals surface area contributed by atoms with Crippen LogP contribution in [0.15, 0.2) is 28.0 Å². The van der Waals surface area contributed by atoms with Gasteiger partial charge in [-0.2, -0.15) is 0 Å². The molecule has 0 unspecified atom stereocenters. The predicted octanol–water partition coefficient (Wildman–Crippen LogP) is -5.16. The molecule has 2 aliphatic rings. The van der Waals surface area contributed by atoms with Crippen molar-refractivity contribution in [3.63, 3.8) is 0 Å². The van der Waals surface area contributed by atoms with E-state index in [1.54, 1.807) is 6.20 Å². The van der Waals surface area contributed by atoms with Crippen LogP contribution in [0.4, 0.5) is 0 Å². The molecule has 0 aromatic carbocycles. The third kappa shape index (κ3) is 10.4. The van der Waals surface area contributed by atoms with Crippen LogP contribution in [0.2, 0.25) is 0 Å². The van der Waals surface area contributed by atoms with Gasteiger partial charge in [-0.3, -0.25) is 14.3 Å². The third-order valence-electron chi connectivity index (χ3n) is 7.44. The van der Waals surface area contributed by atoms with Gasteiger partial charge >= 0.3 is 5.69 Å². The van der Waals surface area contributed by atoms with E-state index in [-0.39, 0.29) is 26.2 Å². The molecule has 8 N–H and O–H groups in total. The van der Waals surface area contributed by atoms with E-state index in [0.717, 1.165) is 16.8 Å². The summed E-state index contributed by atoms with van der Waals surface area (Å²) in [6.07, 6.45) is -9.39. The maximum atomic E-state index is 12.4. The summed E-state index contributed by atoms with van der Waals surface area (Å²) in [6, 6.07) is 1.06. The number of aromatic nitrogens is 5. The summed E-state index contributed by atoms with van der Waals surface area (Å²) in [6.45, 7) is 3.13. The molecule has 2 aromatic rings. The topological polar surface area (TPSA) is 277 Å². The first-order valence-corrected chi connectivity index (χ1v) is 15.2. The molecule has 4 heterocycles. The van der Waals surface area contributed by atoms with E-state index in [2.05, 4.69) is 15.3 Å². The maximum absolute atomic E-state index is 12.4. The number of hydrogen-bond acceptors (Lipinski definition) is 17. The number of ether oxygens (including phenoxy) is 7. The lowest BCUT2D eigenvalue weighted by Crippen LogP contribution is -2.45. The molecule has 2 aliphatic heterocycles. The fourth-order valence-electron chi connectivity index (χ4n) is 5.02.